The molecule has 5 atom stereocenters. The van der Waals surface area contributed by atoms with Crippen molar-refractivity contribution >= 4 is 0 Å². The maximum Gasteiger partial charge on any atom is -0.0204 e. The fourth-order valence-electron chi connectivity index (χ4n) is 8.07. The highest BCUT2D eigenvalue weighted by Gasteiger charge is 2.74. The average molecular weight is 274 g/mol. The summed E-state index contributed by atoms with van der Waals surface area (Å²) in [7, 11) is 0. The van der Waals surface area contributed by atoms with E-state index in [-0.39, 0.29) is 0 Å². The second kappa shape index (κ2) is 4.05. The molecule has 5 unspecified atom stereocenters. The van der Waals surface area contributed by atoms with Crippen LogP contribution < -0.4 is 0 Å². The molecular formula is C20H34. The SMILES string of the molecule is CCC(CC)(CC12CC3CC4CC1CC2(C4)C3)C(C)C. The fourth-order valence-corrected chi connectivity index (χ4v) is 8.07. The van der Waals surface area contributed by atoms with Gasteiger partial charge in [-0.15, -0.1) is 0 Å². The van der Waals surface area contributed by atoms with Crippen molar-refractivity contribution in [2.45, 2.75) is 85.5 Å². The molecule has 0 heterocycles. The third kappa shape index (κ3) is 1.40. The number of rotatable bonds is 5. The summed E-state index contributed by atoms with van der Waals surface area (Å²) in [5.41, 5.74) is 2.28. The van der Waals surface area contributed by atoms with Crippen molar-refractivity contribution in [3.63, 3.8) is 0 Å². The predicted octanol–water partition coefficient (Wildman–Crippen LogP) is 6.06. The number of fused-ring (bicyclic) bond motifs is 1. The Kier molecular flexibility index (Phi) is 2.76. The van der Waals surface area contributed by atoms with Crippen LogP contribution in [0.4, 0.5) is 0 Å². The lowest BCUT2D eigenvalue weighted by atomic mass is 9.35. The van der Waals surface area contributed by atoms with Crippen LogP contribution in [0.5, 0.6) is 0 Å². The van der Waals surface area contributed by atoms with E-state index in [0.717, 1.165) is 34.5 Å². The minimum absolute atomic E-state index is 0.635. The average Bonchev–Trinajstić information content (AvgIpc) is 2.51. The Morgan fingerprint density at radius 2 is 1.65 bits per heavy atom. The maximum atomic E-state index is 2.50. The third-order valence-corrected chi connectivity index (χ3v) is 9.07. The Bertz CT molecular complexity index is 402. The molecule has 114 valence electrons. The zero-order chi connectivity index (χ0) is 14.2. The van der Waals surface area contributed by atoms with Crippen LogP contribution in [0.3, 0.4) is 0 Å². The molecule has 4 bridgehead atoms. The van der Waals surface area contributed by atoms with Gasteiger partial charge in [-0.25, -0.2) is 0 Å². The Morgan fingerprint density at radius 1 is 0.950 bits per heavy atom. The molecule has 0 aliphatic heterocycles. The molecule has 0 aromatic rings. The highest BCUT2D eigenvalue weighted by Crippen LogP contribution is 2.83. The van der Waals surface area contributed by atoms with E-state index < -0.39 is 0 Å². The highest BCUT2D eigenvalue weighted by atomic mass is 14.8. The van der Waals surface area contributed by atoms with Crippen LogP contribution in [0.2, 0.25) is 0 Å². The lowest BCUT2D eigenvalue weighted by Crippen LogP contribution is -2.61. The van der Waals surface area contributed by atoms with Crippen molar-refractivity contribution < 1.29 is 0 Å². The molecule has 0 aromatic heterocycles. The van der Waals surface area contributed by atoms with Gasteiger partial charge >= 0.3 is 0 Å². The highest BCUT2D eigenvalue weighted by molar-refractivity contribution is 5.23. The fraction of sp³-hybridized carbons (Fsp3) is 1.00. The molecule has 0 nitrogen and oxygen atoms in total. The van der Waals surface area contributed by atoms with E-state index in [4.69, 9.17) is 0 Å². The smallest absolute Gasteiger partial charge is 0.0204 e. The predicted molar refractivity (Wildman–Crippen MR) is 85.5 cm³/mol. The summed E-state index contributed by atoms with van der Waals surface area (Å²) in [5, 5.41) is 0. The van der Waals surface area contributed by atoms with Crippen LogP contribution in [0.15, 0.2) is 0 Å². The summed E-state index contributed by atoms with van der Waals surface area (Å²) >= 11 is 0. The molecule has 5 rings (SSSR count). The summed E-state index contributed by atoms with van der Waals surface area (Å²) in [6.45, 7) is 9.94. The van der Waals surface area contributed by atoms with Crippen LogP contribution in [0.1, 0.15) is 85.5 Å². The second-order valence-electron chi connectivity index (χ2n) is 9.55. The van der Waals surface area contributed by atoms with Gasteiger partial charge in [-0.2, -0.15) is 0 Å². The van der Waals surface area contributed by atoms with Crippen molar-refractivity contribution in [2.75, 3.05) is 0 Å². The van der Waals surface area contributed by atoms with Crippen LogP contribution in [-0.2, 0) is 0 Å². The molecule has 5 aliphatic carbocycles. The summed E-state index contributed by atoms with van der Waals surface area (Å²) in [4.78, 5) is 0. The lowest BCUT2D eigenvalue weighted by molar-refractivity contribution is -0.205. The molecule has 20 heavy (non-hydrogen) atoms. The molecule has 5 fully saturated rings. The number of hydrogen-bond donors (Lipinski definition) is 0. The van der Waals surface area contributed by atoms with Crippen LogP contribution in [-0.4, -0.2) is 0 Å². The van der Waals surface area contributed by atoms with Crippen molar-refractivity contribution in [2.24, 2.45) is 39.9 Å². The van der Waals surface area contributed by atoms with E-state index >= 15 is 0 Å². The Morgan fingerprint density at radius 3 is 2.30 bits per heavy atom. The first-order valence-corrected chi connectivity index (χ1v) is 9.49. The van der Waals surface area contributed by atoms with Crippen molar-refractivity contribution in [1.82, 2.24) is 0 Å². The zero-order valence-corrected chi connectivity index (χ0v) is 14.2. The topological polar surface area (TPSA) is 0 Å². The second-order valence-corrected chi connectivity index (χ2v) is 9.55. The lowest BCUT2D eigenvalue weighted by Gasteiger charge is -2.69. The summed E-state index contributed by atoms with van der Waals surface area (Å²) in [6, 6.07) is 0. The van der Waals surface area contributed by atoms with Gasteiger partial charge in [-0.3, -0.25) is 0 Å². The summed E-state index contributed by atoms with van der Waals surface area (Å²) in [5.74, 6) is 4.26. The molecule has 1 spiro atoms. The molecule has 0 radical (unpaired) electrons. The van der Waals surface area contributed by atoms with Gasteiger partial charge in [0.15, 0.2) is 0 Å². The van der Waals surface area contributed by atoms with Crippen molar-refractivity contribution in [1.29, 1.82) is 0 Å². The zero-order valence-electron chi connectivity index (χ0n) is 14.2. The first-order valence-electron chi connectivity index (χ1n) is 9.49. The van der Waals surface area contributed by atoms with Gasteiger partial charge in [0, 0.05) is 0 Å². The Balaban J connectivity index is 1.69. The van der Waals surface area contributed by atoms with Crippen molar-refractivity contribution in [3.05, 3.63) is 0 Å². The van der Waals surface area contributed by atoms with Crippen LogP contribution in [0, 0.1) is 39.9 Å². The van der Waals surface area contributed by atoms with Gasteiger partial charge < -0.3 is 0 Å². The first-order chi connectivity index (χ1) is 9.49. The van der Waals surface area contributed by atoms with Gasteiger partial charge in [0.05, 0.1) is 0 Å². The molecule has 0 amide bonds. The standard InChI is InChI=1S/C20H34/c1-5-18(6-2,14(3)4)13-20-11-16-7-15-8-17(20)12-19(20,9-15)10-16/h14-17H,5-13H2,1-4H3. The largest absolute Gasteiger partial charge is 0.0648 e. The van der Waals surface area contributed by atoms with Gasteiger partial charge in [0.1, 0.15) is 0 Å². The quantitative estimate of drug-likeness (QED) is 0.572. The monoisotopic (exact) mass is 274 g/mol. The van der Waals surface area contributed by atoms with E-state index in [2.05, 4.69) is 27.7 Å². The van der Waals surface area contributed by atoms with Crippen LogP contribution >= 0.6 is 0 Å². The van der Waals surface area contributed by atoms with Crippen LogP contribution in [0.25, 0.3) is 0 Å². The van der Waals surface area contributed by atoms with E-state index in [1.54, 1.807) is 44.9 Å². The maximum absolute atomic E-state index is 2.50. The van der Waals surface area contributed by atoms with Gasteiger partial charge in [-0.05, 0) is 84.9 Å². The summed E-state index contributed by atoms with van der Waals surface area (Å²) < 4.78 is 0. The Hall–Kier alpha value is 0. The first kappa shape index (κ1) is 13.6. The van der Waals surface area contributed by atoms with Crippen molar-refractivity contribution in [3.8, 4) is 0 Å². The van der Waals surface area contributed by atoms with E-state index in [9.17, 15) is 0 Å². The molecule has 0 aromatic carbocycles. The molecule has 5 saturated carbocycles. The summed E-state index contributed by atoms with van der Waals surface area (Å²) in [6.07, 6.45) is 14.1. The Labute approximate surface area is 126 Å². The van der Waals surface area contributed by atoms with Gasteiger partial charge in [0.2, 0.25) is 0 Å². The molecule has 0 N–H and O–H groups in total. The van der Waals surface area contributed by atoms with E-state index in [1.165, 1.54) is 12.8 Å². The molecule has 0 heteroatoms. The minimum atomic E-state index is 0.635. The number of hydrogen-bond acceptors (Lipinski definition) is 0. The van der Waals surface area contributed by atoms with Gasteiger partial charge in [0.25, 0.3) is 0 Å². The van der Waals surface area contributed by atoms with Gasteiger partial charge in [-0.1, -0.05) is 40.5 Å². The molecular weight excluding hydrogens is 240 g/mol. The van der Waals surface area contributed by atoms with E-state index in [0.29, 0.717) is 5.41 Å². The van der Waals surface area contributed by atoms with E-state index in [1.807, 2.05) is 0 Å². The normalized spacial score (nSPS) is 48.8. The molecule has 5 aliphatic rings. The third-order valence-electron chi connectivity index (χ3n) is 9.07. The minimum Gasteiger partial charge on any atom is -0.0648 e. The molecule has 0 saturated heterocycles.